The highest BCUT2D eigenvalue weighted by molar-refractivity contribution is 5.85. The second kappa shape index (κ2) is 7.71. The number of unbranched alkanes of at least 4 members (excludes halogenated alkanes) is 1. The molecular formula is C15H24FN3O2. The van der Waals surface area contributed by atoms with Gasteiger partial charge in [0.2, 0.25) is 0 Å². The Morgan fingerprint density at radius 2 is 2.14 bits per heavy atom. The van der Waals surface area contributed by atoms with Crippen LogP contribution in [0.25, 0.3) is 0 Å². The number of halogens is 1. The van der Waals surface area contributed by atoms with Crippen molar-refractivity contribution >= 4 is 11.5 Å². The SMILES string of the molecule is COc1ccc(NCCCCC(C)(C)/C(N)=N/O)cc1F. The normalized spacial score (nSPS) is 12.3. The third kappa shape index (κ3) is 5.13. The molecule has 0 amide bonds. The minimum absolute atomic E-state index is 0.237. The van der Waals surface area contributed by atoms with Gasteiger partial charge in [-0.25, -0.2) is 4.39 Å². The third-order valence-corrected chi connectivity index (χ3v) is 3.51. The number of hydrogen-bond donors (Lipinski definition) is 3. The Balaban J connectivity index is 2.33. The molecule has 0 unspecified atom stereocenters. The van der Waals surface area contributed by atoms with Gasteiger partial charge in [0.05, 0.1) is 7.11 Å². The molecule has 1 aromatic rings. The lowest BCUT2D eigenvalue weighted by molar-refractivity contribution is 0.304. The van der Waals surface area contributed by atoms with Gasteiger partial charge in [0.25, 0.3) is 0 Å². The Morgan fingerprint density at radius 1 is 1.43 bits per heavy atom. The van der Waals surface area contributed by atoms with Gasteiger partial charge >= 0.3 is 0 Å². The molecule has 0 saturated carbocycles. The number of ether oxygens (including phenoxy) is 1. The topological polar surface area (TPSA) is 79.9 Å². The number of nitrogens with one attached hydrogen (secondary N) is 1. The number of benzene rings is 1. The Hall–Kier alpha value is -1.98. The summed E-state index contributed by atoms with van der Waals surface area (Å²) in [7, 11) is 1.44. The average Bonchev–Trinajstić information content (AvgIpc) is 2.46. The quantitative estimate of drug-likeness (QED) is 0.226. The van der Waals surface area contributed by atoms with E-state index >= 15 is 0 Å². The maximum Gasteiger partial charge on any atom is 0.167 e. The van der Waals surface area contributed by atoms with Crippen LogP contribution in [0.15, 0.2) is 23.4 Å². The molecule has 0 aliphatic carbocycles. The van der Waals surface area contributed by atoms with Gasteiger partial charge in [0.15, 0.2) is 11.6 Å². The van der Waals surface area contributed by atoms with Crippen molar-refractivity contribution < 1.29 is 14.3 Å². The van der Waals surface area contributed by atoms with Crippen LogP contribution in [0.3, 0.4) is 0 Å². The first-order valence-corrected chi connectivity index (χ1v) is 6.96. The minimum Gasteiger partial charge on any atom is -0.494 e. The van der Waals surface area contributed by atoms with Crippen molar-refractivity contribution in [1.82, 2.24) is 0 Å². The van der Waals surface area contributed by atoms with Crippen LogP contribution in [0.5, 0.6) is 5.75 Å². The fourth-order valence-corrected chi connectivity index (χ4v) is 1.96. The zero-order chi connectivity index (χ0) is 15.9. The first-order chi connectivity index (χ1) is 9.90. The van der Waals surface area contributed by atoms with Crippen LogP contribution in [0.2, 0.25) is 0 Å². The van der Waals surface area contributed by atoms with E-state index in [0.29, 0.717) is 0 Å². The number of nitrogens with zero attached hydrogens (tertiary/aromatic N) is 1. The molecule has 4 N–H and O–H groups in total. The molecule has 0 bridgehead atoms. The monoisotopic (exact) mass is 297 g/mol. The Morgan fingerprint density at radius 3 is 2.71 bits per heavy atom. The van der Waals surface area contributed by atoms with Gasteiger partial charge in [-0.05, 0) is 25.0 Å². The Bertz CT molecular complexity index is 490. The molecule has 1 aromatic carbocycles. The number of rotatable bonds is 8. The summed E-state index contributed by atoms with van der Waals surface area (Å²) in [6, 6.07) is 4.79. The molecule has 6 heteroatoms. The lowest BCUT2D eigenvalue weighted by Gasteiger charge is -2.22. The molecule has 0 spiro atoms. The molecule has 0 aromatic heterocycles. The van der Waals surface area contributed by atoms with E-state index in [1.807, 2.05) is 13.8 Å². The molecule has 118 valence electrons. The minimum atomic E-state index is -0.379. The first-order valence-electron chi connectivity index (χ1n) is 6.96. The van der Waals surface area contributed by atoms with Crippen molar-refractivity contribution in [3.05, 3.63) is 24.0 Å². The standard InChI is InChI=1S/C15H24FN3O2/c1-15(2,14(17)19-20)8-4-5-9-18-11-6-7-13(21-3)12(16)10-11/h6-7,10,18,20H,4-5,8-9H2,1-3H3,(H2,17,19). The second-order valence-electron chi connectivity index (χ2n) is 5.60. The van der Waals surface area contributed by atoms with Gasteiger partial charge in [-0.2, -0.15) is 0 Å². The van der Waals surface area contributed by atoms with E-state index < -0.39 is 0 Å². The Labute approximate surface area is 125 Å². The zero-order valence-electron chi connectivity index (χ0n) is 12.8. The van der Waals surface area contributed by atoms with Gasteiger partial charge in [-0.15, -0.1) is 0 Å². The predicted octanol–water partition coefficient (Wildman–Crippen LogP) is 3.19. The molecule has 0 aliphatic heterocycles. The van der Waals surface area contributed by atoms with E-state index in [4.69, 9.17) is 15.7 Å². The highest BCUT2D eigenvalue weighted by atomic mass is 19.1. The zero-order valence-corrected chi connectivity index (χ0v) is 12.8. The summed E-state index contributed by atoms with van der Waals surface area (Å²) in [6.45, 7) is 4.61. The number of amidine groups is 1. The summed E-state index contributed by atoms with van der Waals surface area (Å²) in [5.74, 6) is 0.101. The average molecular weight is 297 g/mol. The molecule has 21 heavy (non-hydrogen) atoms. The lowest BCUT2D eigenvalue weighted by Crippen LogP contribution is -2.31. The molecule has 0 atom stereocenters. The van der Waals surface area contributed by atoms with Gasteiger partial charge < -0.3 is 21.0 Å². The van der Waals surface area contributed by atoms with E-state index in [0.717, 1.165) is 31.5 Å². The number of nitrogens with two attached hydrogens (primary N) is 1. The largest absolute Gasteiger partial charge is 0.494 e. The molecule has 0 radical (unpaired) electrons. The smallest absolute Gasteiger partial charge is 0.167 e. The van der Waals surface area contributed by atoms with E-state index in [2.05, 4.69) is 10.5 Å². The fourth-order valence-electron chi connectivity index (χ4n) is 1.96. The lowest BCUT2D eigenvalue weighted by atomic mass is 9.86. The maximum absolute atomic E-state index is 13.5. The molecule has 0 fully saturated rings. The van der Waals surface area contributed by atoms with Crippen LogP contribution in [-0.2, 0) is 0 Å². The molecular weight excluding hydrogens is 273 g/mol. The van der Waals surface area contributed by atoms with Crippen LogP contribution in [-0.4, -0.2) is 24.7 Å². The summed E-state index contributed by atoms with van der Waals surface area (Å²) in [5, 5.41) is 14.9. The van der Waals surface area contributed by atoms with E-state index in [1.165, 1.54) is 13.2 Å². The Kier molecular flexibility index (Phi) is 6.27. The maximum atomic E-state index is 13.5. The first kappa shape index (κ1) is 17.1. The second-order valence-corrected chi connectivity index (χ2v) is 5.60. The summed E-state index contributed by atoms with van der Waals surface area (Å²) >= 11 is 0. The third-order valence-electron chi connectivity index (χ3n) is 3.51. The van der Waals surface area contributed by atoms with Crippen molar-refractivity contribution in [3.8, 4) is 5.75 Å². The van der Waals surface area contributed by atoms with E-state index in [-0.39, 0.29) is 22.8 Å². The van der Waals surface area contributed by atoms with Crippen molar-refractivity contribution in [1.29, 1.82) is 0 Å². The molecule has 1 rings (SSSR count). The highest BCUT2D eigenvalue weighted by Gasteiger charge is 2.22. The summed E-state index contributed by atoms with van der Waals surface area (Å²) < 4.78 is 18.4. The predicted molar refractivity (Wildman–Crippen MR) is 82.5 cm³/mol. The van der Waals surface area contributed by atoms with Crippen molar-refractivity contribution in [2.75, 3.05) is 19.0 Å². The van der Waals surface area contributed by atoms with Gasteiger partial charge in [-0.3, -0.25) is 0 Å². The molecule has 5 nitrogen and oxygen atoms in total. The number of hydrogen-bond acceptors (Lipinski definition) is 4. The van der Waals surface area contributed by atoms with Crippen molar-refractivity contribution in [3.63, 3.8) is 0 Å². The van der Waals surface area contributed by atoms with Crippen LogP contribution < -0.4 is 15.8 Å². The van der Waals surface area contributed by atoms with Crippen LogP contribution in [0, 0.1) is 11.2 Å². The number of anilines is 1. The molecule has 0 heterocycles. The van der Waals surface area contributed by atoms with Crippen LogP contribution in [0.4, 0.5) is 10.1 Å². The van der Waals surface area contributed by atoms with E-state index in [1.54, 1.807) is 12.1 Å². The number of oxime groups is 1. The van der Waals surface area contributed by atoms with Crippen molar-refractivity contribution in [2.24, 2.45) is 16.3 Å². The van der Waals surface area contributed by atoms with E-state index in [9.17, 15) is 4.39 Å². The summed E-state index contributed by atoms with van der Waals surface area (Å²) in [6.07, 6.45) is 2.66. The molecule has 0 aliphatic rings. The fraction of sp³-hybridized carbons (Fsp3) is 0.533. The number of methoxy groups -OCH3 is 1. The van der Waals surface area contributed by atoms with Crippen LogP contribution in [0.1, 0.15) is 33.1 Å². The highest BCUT2D eigenvalue weighted by Crippen LogP contribution is 2.24. The van der Waals surface area contributed by atoms with Gasteiger partial charge in [0.1, 0.15) is 5.84 Å². The van der Waals surface area contributed by atoms with Gasteiger partial charge in [-0.1, -0.05) is 25.4 Å². The summed E-state index contributed by atoms with van der Waals surface area (Å²) in [4.78, 5) is 0. The van der Waals surface area contributed by atoms with Gasteiger partial charge in [0, 0.05) is 23.7 Å². The van der Waals surface area contributed by atoms with Crippen molar-refractivity contribution in [2.45, 2.75) is 33.1 Å². The summed E-state index contributed by atoms with van der Waals surface area (Å²) in [5.41, 5.74) is 6.04. The molecule has 0 saturated heterocycles. The van der Waals surface area contributed by atoms with Crippen LogP contribution >= 0.6 is 0 Å².